The molecule has 0 bridgehead atoms. The van der Waals surface area contributed by atoms with Crippen LogP contribution in [0.2, 0.25) is 0 Å². The molecule has 2 unspecified atom stereocenters. The Morgan fingerprint density at radius 2 is 2.00 bits per heavy atom. The summed E-state index contributed by atoms with van der Waals surface area (Å²) in [6.45, 7) is 2.01. The first-order valence-electron chi connectivity index (χ1n) is 6.87. The molecule has 0 amide bonds. The van der Waals surface area contributed by atoms with Gasteiger partial charge in [0, 0.05) is 12.1 Å². The van der Waals surface area contributed by atoms with Gasteiger partial charge in [-0.15, -0.1) is 0 Å². The minimum absolute atomic E-state index is 0.0509. The number of nitrogens with two attached hydrogens (primary N) is 1. The highest BCUT2D eigenvalue weighted by atomic mass is 32.2. The predicted molar refractivity (Wildman–Crippen MR) is 79.3 cm³/mol. The van der Waals surface area contributed by atoms with E-state index in [-0.39, 0.29) is 22.5 Å². The lowest BCUT2D eigenvalue weighted by atomic mass is 9.87. The average Bonchev–Trinajstić information content (AvgIpc) is 2.41. The summed E-state index contributed by atoms with van der Waals surface area (Å²) in [6, 6.07) is 3.42. The predicted octanol–water partition coefficient (Wildman–Crippen LogP) is 2.03. The summed E-state index contributed by atoms with van der Waals surface area (Å²) in [7, 11) is -3.78. The van der Waals surface area contributed by atoms with Crippen molar-refractivity contribution in [2.45, 2.75) is 43.5 Å². The number of benzene rings is 1. The Hall–Kier alpha value is -1.67. The van der Waals surface area contributed by atoms with E-state index in [1.165, 1.54) is 12.1 Å². The maximum absolute atomic E-state index is 12.4. The zero-order valence-corrected chi connectivity index (χ0v) is 12.6. The molecule has 21 heavy (non-hydrogen) atoms. The van der Waals surface area contributed by atoms with Crippen molar-refractivity contribution in [2.75, 3.05) is 5.73 Å². The standard InChI is InChI=1S/C13H19N3O4S/c1-9-4-2-3-5-12(9)15-21(19,20)10-6-7-11(14)13(8-10)16(17)18/h6-9,12,15H,2-5,14H2,1H3. The molecule has 0 aromatic heterocycles. The zero-order valence-electron chi connectivity index (χ0n) is 11.8. The molecular weight excluding hydrogens is 294 g/mol. The summed E-state index contributed by atoms with van der Waals surface area (Å²) in [5.41, 5.74) is 5.04. The van der Waals surface area contributed by atoms with Crippen molar-refractivity contribution in [1.82, 2.24) is 4.72 Å². The van der Waals surface area contributed by atoms with Crippen molar-refractivity contribution in [1.29, 1.82) is 0 Å². The second-order valence-corrected chi connectivity index (χ2v) is 7.18. The van der Waals surface area contributed by atoms with Crippen molar-refractivity contribution in [3.8, 4) is 0 Å². The summed E-state index contributed by atoms with van der Waals surface area (Å²) in [6.07, 6.45) is 3.86. The molecule has 116 valence electrons. The van der Waals surface area contributed by atoms with E-state index in [4.69, 9.17) is 5.73 Å². The van der Waals surface area contributed by atoms with Gasteiger partial charge in [-0.1, -0.05) is 19.8 Å². The van der Waals surface area contributed by atoms with Crippen LogP contribution in [0.15, 0.2) is 23.1 Å². The third kappa shape index (κ3) is 3.51. The Morgan fingerprint density at radius 3 is 2.62 bits per heavy atom. The minimum Gasteiger partial charge on any atom is -0.393 e. The van der Waals surface area contributed by atoms with E-state index in [1.807, 2.05) is 6.92 Å². The molecule has 3 N–H and O–H groups in total. The van der Waals surface area contributed by atoms with Gasteiger partial charge in [-0.3, -0.25) is 10.1 Å². The smallest absolute Gasteiger partial charge is 0.293 e. The van der Waals surface area contributed by atoms with Crippen molar-refractivity contribution < 1.29 is 13.3 Å². The van der Waals surface area contributed by atoms with Crippen LogP contribution in [0.5, 0.6) is 0 Å². The van der Waals surface area contributed by atoms with Crippen LogP contribution in [0.25, 0.3) is 0 Å². The fraction of sp³-hybridized carbons (Fsp3) is 0.538. The van der Waals surface area contributed by atoms with E-state index in [9.17, 15) is 18.5 Å². The number of sulfonamides is 1. The molecule has 0 spiro atoms. The fourth-order valence-electron chi connectivity index (χ4n) is 2.61. The number of nitro groups is 1. The van der Waals surface area contributed by atoms with E-state index in [0.717, 1.165) is 31.7 Å². The highest BCUT2D eigenvalue weighted by Gasteiger charge is 2.28. The fourth-order valence-corrected chi connectivity index (χ4v) is 4.01. The summed E-state index contributed by atoms with van der Waals surface area (Å²) in [5, 5.41) is 10.9. The first-order valence-corrected chi connectivity index (χ1v) is 8.36. The number of nitrogen functional groups attached to an aromatic ring is 1. The van der Waals surface area contributed by atoms with Gasteiger partial charge in [0.05, 0.1) is 9.82 Å². The van der Waals surface area contributed by atoms with Gasteiger partial charge in [-0.2, -0.15) is 0 Å². The number of hydrogen-bond acceptors (Lipinski definition) is 5. The van der Waals surface area contributed by atoms with Gasteiger partial charge in [-0.05, 0) is 30.9 Å². The molecule has 1 fully saturated rings. The van der Waals surface area contributed by atoms with Gasteiger partial charge in [-0.25, -0.2) is 13.1 Å². The monoisotopic (exact) mass is 313 g/mol. The lowest BCUT2D eigenvalue weighted by Gasteiger charge is -2.29. The Balaban J connectivity index is 2.27. The molecular formula is C13H19N3O4S. The highest BCUT2D eigenvalue weighted by Crippen LogP contribution is 2.28. The molecule has 0 saturated heterocycles. The first kappa shape index (κ1) is 15.7. The van der Waals surface area contributed by atoms with Crippen LogP contribution >= 0.6 is 0 Å². The Morgan fingerprint density at radius 1 is 1.33 bits per heavy atom. The lowest BCUT2D eigenvalue weighted by molar-refractivity contribution is -0.384. The van der Waals surface area contributed by atoms with Crippen molar-refractivity contribution in [3.63, 3.8) is 0 Å². The normalized spacial score (nSPS) is 22.9. The SMILES string of the molecule is CC1CCCCC1NS(=O)(=O)c1ccc(N)c([N+](=O)[O-])c1. The third-order valence-electron chi connectivity index (χ3n) is 3.93. The van der Waals surface area contributed by atoms with Crippen LogP contribution < -0.4 is 10.5 Å². The minimum atomic E-state index is -3.78. The quantitative estimate of drug-likeness (QED) is 0.501. The molecule has 0 aliphatic heterocycles. The van der Waals surface area contributed by atoms with Gasteiger partial charge in [0.15, 0.2) is 0 Å². The summed E-state index contributed by atoms with van der Waals surface area (Å²) in [5.74, 6) is 0.261. The molecule has 1 saturated carbocycles. The highest BCUT2D eigenvalue weighted by molar-refractivity contribution is 7.89. The molecule has 1 aliphatic rings. The third-order valence-corrected chi connectivity index (χ3v) is 5.41. The van der Waals surface area contributed by atoms with E-state index >= 15 is 0 Å². The number of nitrogens with one attached hydrogen (secondary N) is 1. The van der Waals surface area contributed by atoms with Gasteiger partial charge in [0.2, 0.25) is 10.0 Å². The Kier molecular flexibility index (Phi) is 4.48. The lowest BCUT2D eigenvalue weighted by Crippen LogP contribution is -2.40. The summed E-state index contributed by atoms with van der Waals surface area (Å²) >= 11 is 0. The maximum atomic E-state index is 12.4. The maximum Gasteiger partial charge on any atom is 0.293 e. The molecule has 2 rings (SSSR count). The Bertz CT molecular complexity index is 645. The van der Waals surface area contributed by atoms with E-state index in [2.05, 4.69) is 4.72 Å². The molecule has 8 heteroatoms. The largest absolute Gasteiger partial charge is 0.393 e. The molecule has 1 aromatic rings. The van der Waals surface area contributed by atoms with Gasteiger partial charge in [0.1, 0.15) is 5.69 Å². The van der Waals surface area contributed by atoms with E-state index in [0.29, 0.717) is 0 Å². The van der Waals surface area contributed by atoms with Crippen LogP contribution in [0, 0.1) is 16.0 Å². The topological polar surface area (TPSA) is 115 Å². The van der Waals surface area contributed by atoms with Crippen molar-refractivity contribution >= 4 is 21.4 Å². The van der Waals surface area contributed by atoms with Crippen molar-refractivity contribution in [3.05, 3.63) is 28.3 Å². The van der Waals surface area contributed by atoms with Gasteiger partial charge >= 0.3 is 0 Å². The van der Waals surface area contributed by atoms with Crippen LogP contribution in [0.3, 0.4) is 0 Å². The molecule has 0 heterocycles. The van der Waals surface area contributed by atoms with E-state index in [1.54, 1.807) is 0 Å². The first-order chi connectivity index (χ1) is 9.81. The van der Waals surface area contributed by atoms with Gasteiger partial charge in [0.25, 0.3) is 5.69 Å². The molecule has 1 aromatic carbocycles. The van der Waals surface area contributed by atoms with Crippen LogP contribution in [-0.4, -0.2) is 19.4 Å². The molecule has 1 aliphatic carbocycles. The summed E-state index contributed by atoms with van der Waals surface area (Å²) < 4.78 is 27.4. The number of nitrogens with zero attached hydrogens (tertiary/aromatic N) is 1. The number of hydrogen-bond donors (Lipinski definition) is 2. The average molecular weight is 313 g/mol. The number of nitro benzene ring substituents is 1. The second-order valence-electron chi connectivity index (χ2n) is 5.47. The number of rotatable bonds is 4. The molecule has 7 nitrogen and oxygen atoms in total. The van der Waals surface area contributed by atoms with Crippen molar-refractivity contribution in [2.24, 2.45) is 5.92 Å². The van der Waals surface area contributed by atoms with E-state index < -0.39 is 20.6 Å². The van der Waals surface area contributed by atoms with Gasteiger partial charge < -0.3 is 5.73 Å². The molecule has 2 atom stereocenters. The van der Waals surface area contributed by atoms with Crippen LogP contribution in [-0.2, 0) is 10.0 Å². The second kappa shape index (κ2) is 5.98. The summed E-state index contributed by atoms with van der Waals surface area (Å²) in [4.78, 5) is 10.0. The van der Waals surface area contributed by atoms with Crippen LogP contribution in [0.1, 0.15) is 32.6 Å². The zero-order chi connectivity index (χ0) is 15.6. The molecule has 0 radical (unpaired) electrons. The van der Waals surface area contributed by atoms with Crippen LogP contribution in [0.4, 0.5) is 11.4 Å². The Labute approximate surface area is 123 Å². The number of anilines is 1.